The number of amides is 1. The average molecular weight is 337 g/mol. The van der Waals surface area contributed by atoms with Crippen LogP contribution in [0.3, 0.4) is 0 Å². The van der Waals surface area contributed by atoms with Gasteiger partial charge in [0, 0.05) is 12.3 Å². The molecule has 1 atom stereocenters. The Bertz CT molecular complexity index is 799. The highest BCUT2D eigenvalue weighted by Crippen LogP contribution is 2.23. The van der Waals surface area contributed by atoms with Gasteiger partial charge in [-0.15, -0.1) is 0 Å². The normalized spacial score (nSPS) is 19.3. The van der Waals surface area contributed by atoms with Crippen LogP contribution in [0.15, 0.2) is 28.3 Å². The Balaban J connectivity index is 2.28. The van der Waals surface area contributed by atoms with Crippen molar-refractivity contribution in [2.45, 2.75) is 20.3 Å². The number of aryl methyl sites for hydroxylation is 1. The number of primary sulfonamides is 1. The molecule has 8 nitrogen and oxygen atoms in total. The summed E-state index contributed by atoms with van der Waals surface area (Å²) in [7, 11) is -3.71. The highest BCUT2D eigenvalue weighted by atomic mass is 32.2. The minimum Gasteiger partial charge on any atom is -0.386 e. The summed E-state index contributed by atoms with van der Waals surface area (Å²) < 4.78 is 22.0. The Morgan fingerprint density at radius 1 is 1.48 bits per heavy atom. The van der Waals surface area contributed by atoms with Gasteiger partial charge in [0.25, 0.3) is 0 Å². The molecule has 5 N–H and O–H groups in total. The number of nitrogens with one attached hydrogen (secondary N) is 1. The van der Waals surface area contributed by atoms with Crippen molar-refractivity contribution < 1.29 is 13.2 Å². The van der Waals surface area contributed by atoms with Gasteiger partial charge < -0.3 is 5.73 Å². The number of nitrogens with zero attached hydrogens (tertiary/aromatic N) is 2. The van der Waals surface area contributed by atoms with E-state index in [1.54, 1.807) is 6.07 Å². The summed E-state index contributed by atoms with van der Waals surface area (Å²) in [6, 6.07) is 5.41. The lowest BCUT2D eigenvalue weighted by molar-refractivity contribution is -0.121. The number of carbonyl (C=O) groups is 1. The first-order valence-corrected chi connectivity index (χ1v) is 8.68. The minimum atomic E-state index is -3.71. The summed E-state index contributed by atoms with van der Waals surface area (Å²) >= 11 is 0. The number of sulfonamides is 1. The fourth-order valence-electron chi connectivity index (χ4n) is 2.34. The van der Waals surface area contributed by atoms with Gasteiger partial charge in [-0.25, -0.2) is 24.0 Å². The van der Waals surface area contributed by atoms with Crippen LogP contribution in [0.1, 0.15) is 24.5 Å². The molecule has 1 unspecified atom stereocenters. The molecule has 1 aliphatic heterocycles. The quantitative estimate of drug-likeness (QED) is 0.530. The number of hydrogen-bond donors (Lipinski definition) is 3. The molecule has 1 aromatic carbocycles. The van der Waals surface area contributed by atoms with Crippen molar-refractivity contribution in [3.63, 3.8) is 0 Å². The predicted molar refractivity (Wildman–Crippen MR) is 88.9 cm³/mol. The first kappa shape index (κ1) is 17.1. The van der Waals surface area contributed by atoms with Crippen LogP contribution in [0, 0.1) is 12.8 Å². The van der Waals surface area contributed by atoms with E-state index >= 15 is 0 Å². The van der Waals surface area contributed by atoms with Gasteiger partial charge in [0.1, 0.15) is 11.6 Å². The number of amidine groups is 1. The minimum absolute atomic E-state index is 0.0185. The van der Waals surface area contributed by atoms with Crippen LogP contribution < -0.4 is 16.3 Å². The molecule has 1 aromatic rings. The average Bonchev–Trinajstić information content (AvgIpc) is 2.39. The monoisotopic (exact) mass is 337 g/mol. The van der Waals surface area contributed by atoms with Gasteiger partial charge in [0.2, 0.25) is 15.9 Å². The summed E-state index contributed by atoms with van der Waals surface area (Å²) in [6.45, 7) is 3.77. The van der Waals surface area contributed by atoms with Gasteiger partial charge in [0.05, 0.1) is 11.4 Å². The van der Waals surface area contributed by atoms with E-state index < -0.39 is 15.8 Å². The fourth-order valence-corrected chi connectivity index (χ4v) is 2.81. The molecular weight excluding hydrogens is 318 g/mol. The lowest BCUT2D eigenvalue weighted by atomic mass is 9.93. The van der Waals surface area contributed by atoms with Gasteiger partial charge in [0.15, 0.2) is 0 Å². The standard InChI is InChI=1S/C14H19N5O3S/c1-8-5-10(14-9(2)6-13(20)18-19-14)3-4-11(8)17-12(15)7-23(16,21)22/h3-5,9H,6-7H2,1-2H3,(H2,15,17)(H,18,20)(H2,16,21,22). The van der Waals surface area contributed by atoms with Crippen molar-refractivity contribution in [1.29, 1.82) is 0 Å². The maximum Gasteiger partial charge on any atom is 0.240 e. The van der Waals surface area contributed by atoms with Crippen molar-refractivity contribution in [3.8, 4) is 0 Å². The molecular formula is C14H19N5O3S. The van der Waals surface area contributed by atoms with E-state index in [1.165, 1.54) is 0 Å². The number of carbonyl (C=O) groups excluding carboxylic acids is 1. The second kappa shape index (κ2) is 6.47. The van der Waals surface area contributed by atoms with E-state index in [2.05, 4.69) is 15.5 Å². The van der Waals surface area contributed by atoms with Crippen LogP contribution in [0.25, 0.3) is 0 Å². The molecule has 0 bridgehead atoms. The molecule has 0 saturated heterocycles. The highest BCUT2D eigenvalue weighted by molar-refractivity contribution is 7.89. The molecule has 9 heteroatoms. The van der Waals surface area contributed by atoms with Gasteiger partial charge in [-0.2, -0.15) is 5.10 Å². The number of aliphatic imine (C=N–C) groups is 1. The number of rotatable bonds is 4. The van der Waals surface area contributed by atoms with Gasteiger partial charge in [-0.3, -0.25) is 4.79 Å². The lowest BCUT2D eigenvalue weighted by Gasteiger charge is -2.19. The van der Waals surface area contributed by atoms with E-state index in [1.807, 2.05) is 26.0 Å². The number of hydrogen-bond acceptors (Lipinski definition) is 5. The molecule has 124 valence electrons. The predicted octanol–water partition coefficient (Wildman–Crippen LogP) is 0.132. The van der Waals surface area contributed by atoms with Gasteiger partial charge in [-0.1, -0.05) is 13.0 Å². The van der Waals surface area contributed by atoms with Crippen molar-refractivity contribution in [2.75, 3.05) is 5.75 Å². The van der Waals surface area contributed by atoms with Crippen LogP contribution in [0.4, 0.5) is 5.69 Å². The van der Waals surface area contributed by atoms with Crippen LogP contribution in [-0.4, -0.2) is 31.6 Å². The van der Waals surface area contributed by atoms with E-state index in [0.717, 1.165) is 16.8 Å². The maximum absolute atomic E-state index is 11.3. The zero-order chi connectivity index (χ0) is 17.2. The molecule has 0 fully saturated rings. The molecule has 1 heterocycles. The first-order valence-electron chi connectivity index (χ1n) is 6.96. The zero-order valence-corrected chi connectivity index (χ0v) is 13.7. The van der Waals surface area contributed by atoms with Gasteiger partial charge >= 0.3 is 0 Å². The molecule has 0 aromatic heterocycles. The largest absolute Gasteiger partial charge is 0.386 e. The zero-order valence-electron chi connectivity index (χ0n) is 12.9. The molecule has 23 heavy (non-hydrogen) atoms. The van der Waals surface area contributed by atoms with Crippen molar-refractivity contribution >= 4 is 33.2 Å². The van der Waals surface area contributed by atoms with Gasteiger partial charge in [-0.05, 0) is 30.2 Å². The van der Waals surface area contributed by atoms with Crippen molar-refractivity contribution in [3.05, 3.63) is 29.3 Å². The molecule has 0 spiro atoms. The van der Waals surface area contributed by atoms with Crippen LogP contribution in [0.2, 0.25) is 0 Å². The van der Waals surface area contributed by atoms with Crippen LogP contribution in [0.5, 0.6) is 0 Å². The van der Waals surface area contributed by atoms with E-state index in [4.69, 9.17) is 10.9 Å². The Labute approximate surface area is 134 Å². The third-order valence-corrected chi connectivity index (χ3v) is 4.06. The van der Waals surface area contributed by atoms with E-state index in [9.17, 15) is 13.2 Å². The molecule has 1 aliphatic rings. The molecule has 0 saturated carbocycles. The third-order valence-electron chi connectivity index (χ3n) is 3.37. The van der Waals surface area contributed by atoms with Crippen LogP contribution >= 0.6 is 0 Å². The Kier molecular flexibility index (Phi) is 4.81. The van der Waals surface area contributed by atoms with Crippen molar-refractivity contribution in [2.24, 2.45) is 26.9 Å². The summed E-state index contributed by atoms with van der Waals surface area (Å²) in [4.78, 5) is 15.4. The topological polar surface area (TPSA) is 140 Å². The molecule has 0 aliphatic carbocycles. The second-order valence-electron chi connectivity index (χ2n) is 5.55. The summed E-state index contributed by atoms with van der Waals surface area (Å²) in [5.74, 6) is -0.650. The first-order chi connectivity index (χ1) is 10.7. The number of hydrazone groups is 1. The number of benzene rings is 1. The van der Waals surface area contributed by atoms with E-state index in [0.29, 0.717) is 12.1 Å². The maximum atomic E-state index is 11.3. The highest BCUT2D eigenvalue weighted by Gasteiger charge is 2.21. The Hall–Kier alpha value is -2.26. The van der Waals surface area contributed by atoms with Crippen LogP contribution in [-0.2, 0) is 14.8 Å². The summed E-state index contributed by atoms with van der Waals surface area (Å²) in [6.07, 6.45) is 0.388. The summed E-state index contributed by atoms with van der Waals surface area (Å²) in [5, 5.41) is 9.04. The SMILES string of the molecule is Cc1cc(C2=NNC(=O)CC2C)ccc1N=C(N)CS(N)(=O)=O. The third kappa shape index (κ3) is 4.60. The lowest BCUT2D eigenvalue weighted by Crippen LogP contribution is -2.32. The number of nitrogens with two attached hydrogens (primary N) is 2. The smallest absolute Gasteiger partial charge is 0.240 e. The Morgan fingerprint density at radius 3 is 2.74 bits per heavy atom. The van der Waals surface area contributed by atoms with E-state index in [-0.39, 0.29) is 17.7 Å². The fraction of sp³-hybridized carbons (Fsp3) is 0.357. The molecule has 0 radical (unpaired) electrons. The summed E-state index contributed by atoms with van der Waals surface area (Å²) in [5.41, 5.74) is 11.1. The Morgan fingerprint density at radius 2 is 2.17 bits per heavy atom. The second-order valence-corrected chi connectivity index (χ2v) is 7.16. The molecule has 1 amide bonds. The van der Waals surface area contributed by atoms with Crippen molar-refractivity contribution in [1.82, 2.24) is 5.43 Å². The molecule has 2 rings (SSSR count).